The van der Waals surface area contributed by atoms with Crippen LogP contribution in [0.4, 0.5) is 0 Å². The highest BCUT2D eigenvalue weighted by molar-refractivity contribution is 5.87. The first kappa shape index (κ1) is 14.5. The van der Waals surface area contributed by atoms with Gasteiger partial charge in [0, 0.05) is 25.9 Å². The number of hydrogen-bond acceptors (Lipinski definition) is 3. The zero-order valence-corrected chi connectivity index (χ0v) is 11.8. The number of rotatable bonds is 5. The van der Waals surface area contributed by atoms with Crippen molar-refractivity contribution >= 4 is 11.8 Å². The van der Waals surface area contributed by atoms with Crippen molar-refractivity contribution in [1.29, 1.82) is 0 Å². The molecular formula is C15H21N3O2. The minimum absolute atomic E-state index is 0.101. The van der Waals surface area contributed by atoms with Crippen molar-refractivity contribution in [3.8, 4) is 0 Å². The molecule has 1 heterocycles. The predicted molar refractivity (Wildman–Crippen MR) is 75.6 cm³/mol. The first-order valence-corrected chi connectivity index (χ1v) is 7.10. The molecule has 1 saturated carbocycles. The van der Waals surface area contributed by atoms with Crippen molar-refractivity contribution in [2.24, 2.45) is 5.92 Å². The Morgan fingerprint density at radius 2 is 2.15 bits per heavy atom. The van der Waals surface area contributed by atoms with E-state index >= 15 is 0 Å². The average molecular weight is 275 g/mol. The van der Waals surface area contributed by atoms with Crippen LogP contribution in [-0.2, 0) is 16.1 Å². The van der Waals surface area contributed by atoms with Crippen LogP contribution in [0, 0.1) is 5.92 Å². The van der Waals surface area contributed by atoms with Crippen LogP contribution in [0.5, 0.6) is 0 Å². The van der Waals surface area contributed by atoms with Crippen LogP contribution in [0.3, 0.4) is 0 Å². The Morgan fingerprint density at radius 3 is 2.75 bits per heavy atom. The summed E-state index contributed by atoms with van der Waals surface area (Å²) >= 11 is 0. The monoisotopic (exact) mass is 275 g/mol. The number of carbonyl (C=O) groups excluding carboxylic acids is 2. The molecule has 1 atom stereocenters. The number of pyridine rings is 1. The molecule has 0 spiro atoms. The maximum Gasteiger partial charge on any atom is 0.243 e. The summed E-state index contributed by atoms with van der Waals surface area (Å²) in [6, 6.07) is 3.34. The molecule has 1 aliphatic rings. The third kappa shape index (κ3) is 4.05. The third-order valence-corrected chi connectivity index (χ3v) is 3.70. The van der Waals surface area contributed by atoms with Gasteiger partial charge in [0.05, 0.1) is 0 Å². The molecule has 0 bridgehead atoms. The first-order chi connectivity index (χ1) is 9.66. The molecule has 1 aromatic rings. The zero-order chi connectivity index (χ0) is 14.4. The van der Waals surface area contributed by atoms with Crippen LogP contribution < -0.4 is 10.6 Å². The second-order valence-corrected chi connectivity index (χ2v) is 5.30. The largest absolute Gasteiger partial charge is 0.350 e. The van der Waals surface area contributed by atoms with E-state index < -0.39 is 6.04 Å². The van der Waals surface area contributed by atoms with Crippen molar-refractivity contribution in [3.05, 3.63) is 30.1 Å². The number of carbonyl (C=O) groups is 2. The Bertz CT molecular complexity index is 455. The highest BCUT2D eigenvalue weighted by Crippen LogP contribution is 2.27. The van der Waals surface area contributed by atoms with Gasteiger partial charge in [0.15, 0.2) is 0 Å². The van der Waals surface area contributed by atoms with Gasteiger partial charge in [-0.25, -0.2) is 0 Å². The molecule has 5 nitrogen and oxygen atoms in total. The summed E-state index contributed by atoms with van der Waals surface area (Å²) in [6.07, 6.45) is 7.71. The Morgan fingerprint density at radius 1 is 1.40 bits per heavy atom. The molecular weight excluding hydrogens is 254 g/mol. The summed E-state index contributed by atoms with van der Waals surface area (Å²) in [6.45, 7) is 1.89. The summed E-state index contributed by atoms with van der Waals surface area (Å²) in [5.74, 6) is 0.00202. The van der Waals surface area contributed by atoms with Crippen LogP contribution in [0.15, 0.2) is 24.5 Å². The van der Waals surface area contributed by atoms with E-state index in [9.17, 15) is 9.59 Å². The fraction of sp³-hybridized carbons (Fsp3) is 0.533. The molecule has 1 aliphatic carbocycles. The van der Waals surface area contributed by atoms with Crippen molar-refractivity contribution < 1.29 is 9.59 Å². The molecule has 5 heteroatoms. The van der Waals surface area contributed by atoms with Crippen molar-refractivity contribution in [2.75, 3.05) is 0 Å². The number of amides is 2. The minimum atomic E-state index is -0.410. The van der Waals surface area contributed by atoms with E-state index in [1.54, 1.807) is 12.4 Å². The van der Waals surface area contributed by atoms with Gasteiger partial charge in [0.25, 0.3) is 0 Å². The predicted octanol–water partition coefficient (Wildman–Crippen LogP) is 1.39. The molecule has 20 heavy (non-hydrogen) atoms. The lowest BCUT2D eigenvalue weighted by Crippen LogP contribution is -2.49. The van der Waals surface area contributed by atoms with Crippen molar-refractivity contribution in [2.45, 2.75) is 45.2 Å². The Hall–Kier alpha value is -1.91. The number of aromatic nitrogens is 1. The lowest BCUT2D eigenvalue weighted by molar-refractivity contribution is -0.129. The van der Waals surface area contributed by atoms with Gasteiger partial charge in [-0.05, 0) is 30.4 Å². The second-order valence-electron chi connectivity index (χ2n) is 5.30. The summed E-state index contributed by atoms with van der Waals surface area (Å²) in [5.41, 5.74) is 0.953. The van der Waals surface area contributed by atoms with Gasteiger partial charge < -0.3 is 10.6 Å². The van der Waals surface area contributed by atoms with Gasteiger partial charge in [-0.2, -0.15) is 0 Å². The minimum Gasteiger partial charge on any atom is -0.350 e. The van der Waals surface area contributed by atoms with Gasteiger partial charge in [0.2, 0.25) is 11.8 Å². The first-order valence-electron chi connectivity index (χ1n) is 7.10. The molecule has 0 radical (unpaired) electrons. The van der Waals surface area contributed by atoms with Gasteiger partial charge >= 0.3 is 0 Å². The van der Waals surface area contributed by atoms with E-state index in [0.29, 0.717) is 6.54 Å². The van der Waals surface area contributed by atoms with Crippen LogP contribution in [-0.4, -0.2) is 22.8 Å². The standard InChI is InChI=1S/C15H21N3O2/c1-11(19)18-14(13-6-2-3-7-13)15(20)17-10-12-5-4-8-16-9-12/h4-5,8-9,13-14H,2-3,6-7,10H2,1H3,(H,17,20)(H,18,19). The van der Waals surface area contributed by atoms with Gasteiger partial charge in [0.1, 0.15) is 6.04 Å². The summed E-state index contributed by atoms with van der Waals surface area (Å²) < 4.78 is 0. The molecule has 2 amide bonds. The van der Waals surface area contributed by atoms with E-state index in [4.69, 9.17) is 0 Å². The van der Waals surface area contributed by atoms with E-state index in [-0.39, 0.29) is 17.7 Å². The quantitative estimate of drug-likeness (QED) is 0.853. The third-order valence-electron chi connectivity index (χ3n) is 3.70. The maximum atomic E-state index is 12.3. The molecule has 1 aromatic heterocycles. The second kappa shape index (κ2) is 7.03. The lowest BCUT2D eigenvalue weighted by Gasteiger charge is -2.23. The van der Waals surface area contributed by atoms with Crippen LogP contribution >= 0.6 is 0 Å². The van der Waals surface area contributed by atoms with Crippen LogP contribution in [0.25, 0.3) is 0 Å². The van der Waals surface area contributed by atoms with Crippen molar-refractivity contribution in [3.63, 3.8) is 0 Å². The van der Waals surface area contributed by atoms with Crippen LogP contribution in [0.2, 0.25) is 0 Å². The highest BCUT2D eigenvalue weighted by atomic mass is 16.2. The van der Waals surface area contributed by atoms with E-state index in [2.05, 4.69) is 15.6 Å². The van der Waals surface area contributed by atoms with E-state index in [0.717, 1.165) is 31.2 Å². The number of nitrogens with one attached hydrogen (secondary N) is 2. The molecule has 2 N–H and O–H groups in total. The molecule has 0 aromatic carbocycles. The Labute approximate surface area is 119 Å². The summed E-state index contributed by atoms with van der Waals surface area (Å²) in [4.78, 5) is 27.6. The molecule has 1 unspecified atom stereocenters. The average Bonchev–Trinajstić information content (AvgIpc) is 2.97. The maximum absolute atomic E-state index is 12.3. The Balaban J connectivity index is 1.93. The fourth-order valence-corrected chi connectivity index (χ4v) is 2.71. The molecule has 2 rings (SSSR count). The molecule has 0 aliphatic heterocycles. The number of hydrogen-bond donors (Lipinski definition) is 2. The SMILES string of the molecule is CC(=O)NC(C(=O)NCc1cccnc1)C1CCCC1. The fourth-order valence-electron chi connectivity index (χ4n) is 2.71. The molecule has 1 fully saturated rings. The van der Waals surface area contributed by atoms with Gasteiger partial charge in [-0.3, -0.25) is 14.6 Å². The van der Waals surface area contributed by atoms with Crippen LogP contribution in [0.1, 0.15) is 38.2 Å². The van der Waals surface area contributed by atoms with E-state index in [1.165, 1.54) is 6.92 Å². The Kier molecular flexibility index (Phi) is 5.09. The summed E-state index contributed by atoms with van der Waals surface area (Å²) in [7, 11) is 0. The topological polar surface area (TPSA) is 71.1 Å². The molecule has 0 saturated heterocycles. The normalized spacial score (nSPS) is 16.6. The molecule has 108 valence electrons. The zero-order valence-electron chi connectivity index (χ0n) is 11.8. The smallest absolute Gasteiger partial charge is 0.243 e. The van der Waals surface area contributed by atoms with Gasteiger partial charge in [-0.1, -0.05) is 18.9 Å². The van der Waals surface area contributed by atoms with E-state index in [1.807, 2.05) is 12.1 Å². The lowest BCUT2D eigenvalue weighted by atomic mass is 9.97. The van der Waals surface area contributed by atoms with Gasteiger partial charge in [-0.15, -0.1) is 0 Å². The number of nitrogens with zero attached hydrogens (tertiary/aromatic N) is 1. The van der Waals surface area contributed by atoms with Crippen molar-refractivity contribution in [1.82, 2.24) is 15.6 Å². The summed E-state index contributed by atoms with van der Waals surface area (Å²) in [5, 5.41) is 5.68. The highest BCUT2D eigenvalue weighted by Gasteiger charge is 2.30.